The van der Waals surface area contributed by atoms with Crippen LogP contribution in [0.2, 0.25) is 0 Å². The topological polar surface area (TPSA) is 211 Å². The number of anilines is 1. The third kappa shape index (κ3) is 5.66. The SMILES string of the molecule is CC(=O)O[C@@H]1[C@H](OC(C)=O)[C@@H](COS(=O)(=O)NC(=O)c2ccccc2O)O[C@H]1n1cnc2c(N)ccnc21. The van der Waals surface area contributed by atoms with Gasteiger partial charge in [0.05, 0.1) is 24.2 Å². The van der Waals surface area contributed by atoms with E-state index in [-0.39, 0.29) is 11.2 Å². The van der Waals surface area contributed by atoms with E-state index >= 15 is 0 Å². The Hall–Kier alpha value is -4.28. The molecule has 0 radical (unpaired) electrons. The van der Waals surface area contributed by atoms with E-state index in [1.165, 1.54) is 47.4 Å². The van der Waals surface area contributed by atoms with Crippen LogP contribution in [0.15, 0.2) is 42.9 Å². The first-order valence-electron chi connectivity index (χ1n) is 11.0. The summed E-state index contributed by atoms with van der Waals surface area (Å²) in [6.45, 7) is 1.49. The van der Waals surface area contributed by atoms with Crippen LogP contribution in [0.25, 0.3) is 11.2 Å². The zero-order chi connectivity index (χ0) is 27.6. The number of phenols is 1. The first-order valence-corrected chi connectivity index (χ1v) is 12.4. The zero-order valence-corrected chi connectivity index (χ0v) is 20.8. The normalized spacial score (nSPS) is 21.2. The Morgan fingerprint density at radius 2 is 1.79 bits per heavy atom. The van der Waals surface area contributed by atoms with Gasteiger partial charge in [-0.25, -0.2) is 14.7 Å². The molecule has 4 N–H and O–H groups in total. The molecule has 0 bridgehead atoms. The number of nitrogens with two attached hydrogens (primary N) is 1. The molecule has 1 aromatic carbocycles. The largest absolute Gasteiger partial charge is 0.507 e. The Bertz CT molecular complexity index is 1490. The van der Waals surface area contributed by atoms with Crippen LogP contribution >= 0.6 is 0 Å². The molecule has 38 heavy (non-hydrogen) atoms. The number of fused-ring (bicyclic) bond motifs is 1. The maximum Gasteiger partial charge on any atom is 0.362 e. The van der Waals surface area contributed by atoms with Crippen LogP contribution in [0.1, 0.15) is 30.4 Å². The third-order valence-electron chi connectivity index (χ3n) is 5.41. The maximum atomic E-state index is 12.5. The number of pyridine rings is 1. The Kier molecular flexibility index (Phi) is 7.47. The number of carbonyl (C=O) groups excluding carboxylic acids is 3. The van der Waals surface area contributed by atoms with Crippen molar-refractivity contribution in [2.75, 3.05) is 12.3 Å². The average molecular weight is 550 g/mol. The number of carbonyl (C=O) groups is 3. The number of nitrogens with zero attached hydrogens (tertiary/aromatic N) is 3. The summed E-state index contributed by atoms with van der Waals surface area (Å²) in [6.07, 6.45) is -2.28. The number of esters is 2. The minimum absolute atomic E-state index is 0.262. The molecule has 2 aromatic heterocycles. The predicted molar refractivity (Wildman–Crippen MR) is 127 cm³/mol. The highest BCUT2D eigenvalue weighted by Gasteiger charge is 2.51. The number of hydrogen-bond donors (Lipinski definition) is 3. The Balaban J connectivity index is 1.59. The van der Waals surface area contributed by atoms with Gasteiger partial charge in [0.1, 0.15) is 17.4 Å². The monoisotopic (exact) mass is 549 g/mol. The molecule has 0 aliphatic carbocycles. The number of hydrogen-bond acceptors (Lipinski definition) is 13. The number of amides is 1. The van der Waals surface area contributed by atoms with Crippen molar-refractivity contribution in [3.63, 3.8) is 0 Å². The minimum Gasteiger partial charge on any atom is -0.507 e. The lowest BCUT2D eigenvalue weighted by molar-refractivity contribution is -0.165. The molecule has 202 valence electrons. The third-order valence-corrected chi connectivity index (χ3v) is 6.29. The smallest absolute Gasteiger partial charge is 0.362 e. The zero-order valence-electron chi connectivity index (χ0n) is 20.0. The first kappa shape index (κ1) is 26.8. The molecule has 0 spiro atoms. The summed E-state index contributed by atoms with van der Waals surface area (Å²) in [4.78, 5) is 44.5. The number of nitrogen functional groups attached to an aromatic ring is 1. The van der Waals surface area contributed by atoms with E-state index in [0.29, 0.717) is 11.2 Å². The van der Waals surface area contributed by atoms with Gasteiger partial charge in [0.15, 0.2) is 24.1 Å². The number of phenolic OH excluding ortho intramolecular Hbond substituents is 1. The average Bonchev–Trinajstić information content (AvgIpc) is 3.40. The number of aromatic nitrogens is 3. The van der Waals surface area contributed by atoms with Crippen LogP contribution in [-0.4, -0.2) is 70.8 Å². The molecule has 0 saturated carbocycles. The van der Waals surface area contributed by atoms with Gasteiger partial charge in [-0.15, -0.1) is 0 Å². The molecule has 1 aliphatic rings. The molecule has 16 heteroatoms. The minimum atomic E-state index is -4.72. The van der Waals surface area contributed by atoms with Crippen molar-refractivity contribution < 1.29 is 46.3 Å². The van der Waals surface area contributed by atoms with Gasteiger partial charge in [0, 0.05) is 20.0 Å². The summed E-state index contributed by atoms with van der Waals surface area (Å²) in [7, 11) is -4.72. The summed E-state index contributed by atoms with van der Waals surface area (Å²) in [5, 5.41) is 9.79. The molecule has 1 amide bonds. The van der Waals surface area contributed by atoms with E-state index in [9.17, 15) is 27.9 Å². The molecule has 1 fully saturated rings. The summed E-state index contributed by atoms with van der Waals surface area (Å²) in [5.41, 5.74) is 6.55. The van der Waals surface area contributed by atoms with E-state index in [4.69, 9.17) is 24.1 Å². The molecule has 3 aromatic rings. The Labute approximate surface area is 215 Å². The molecule has 1 saturated heterocycles. The van der Waals surface area contributed by atoms with Crippen molar-refractivity contribution in [1.29, 1.82) is 0 Å². The molecular formula is C22H23N5O10S. The van der Waals surface area contributed by atoms with Gasteiger partial charge in [-0.2, -0.15) is 8.42 Å². The number of aromatic hydroxyl groups is 1. The van der Waals surface area contributed by atoms with Crippen LogP contribution in [0, 0.1) is 0 Å². The van der Waals surface area contributed by atoms with Gasteiger partial charge in [0.25, 0.3) is 5.91 Å². The molecule has 0 unspecified atom stereocenters. The van der Waals surface area contributed by atoms with Gasteiger partial charge >= 0.3 is 22.2 Å². The first-order chi connectivity index (χ1) is 18.0. The van der Waals surface area contributed by atoms with Crippen molar-refractivity contribution in [3.8, 4) is 5.75 Å². The fourth-order valence-electron chi connectivity index (χ4n) is 3.88. The second kappa shape index (κ2) is 10.6. The summed E-state index contributed by atoms with van der Waals surface area (Å²) in [6, 6.07) is 6.83. The van der Waals surface area contributed by atoms with E-state index in [1.54, 1.807) is 4.72 Å². The molecule has 4 atom stereocenters. The van der Waals surface area contributed by atoms with Gasteiger partial charge < -0.3 is 25.1 Å². The van der Waals surface area contributed by atoms with Crippen molar-refractivity contribution in [1.82, 2.24) is 19.3 Å². The van der Waals surface area contributed by atoms with Crippen molar-refractivity contribution in [2.24, 2.45) is 0 Å². The lowest BCUT2D eigenvalue weighted by Gasteiger charge is -2.23. The Morgan fingerprint density at radius 3 is 2.47 bits per heavy atom. The quantitative estimate of drug-likeness (QED) is 0.320. The molecule has 4 rings (SSSR count). The predicted octanol–water partition coefficient (Wildman–Crippen LogP) is 0.171. The molecule has 1 aliphatic heterocycles. The second-order valence-corrected chi connectivity index (χ2v) is 9.47. The number of imidazole rings is 1. The molecule has 3 heterocycles. The highest BCUT2D eigenvalue weighted by atomic mass is 32.2. The van der Waals surface area contributed by atoms with Crippen LogP contribution in [0.3, 0.4) is 0 Å². The lowest BCUT2D eigenvalue weighted by Crippen LogP contribution is -2.41. The number of rotatable bonds is 8. The number of para-hydroxylation sites is 1. The maximum absolute atomic E-state index is 12.5. The molecule has 15 nitrogen and oxygen atoms in total. The van der Waals surface area contributed by atoms with Gasteiger partial charge in [0.2, 0.25) is 0 Å². The summed E-state index contributed by atoms with van der Waals surface area (Å²) >= 11 is 0. The van der Waals surface area contributed by atoms with E-state index in [2.05, 4.69) is 9.97 Å². The Morgan fingerprint density at radius 1 is 1.11 bits per heavy atom. The van der Waals surface area contributed by atoms with Crippen molar-refractivity contribution in [3.05, 3.63) is 48.4 Å². The molecular weight excluding hydrogens is 526 g/mol. The highest BCUT2D eigenvalue weighted by Crippen LogP contribution is 2.36. The van der Waals surface area contributed by atoms with E-state index in [1.807, 2.05) is 0 Å². The lowest BCUT2D eigenvalue weighted by atomic mass is 10.1. The highest BCUT2D eigenvalue weighted by molar-refractivity contribution is 7.85. The number of benzene rings is 1. The van der Waals surface area contributed by atoms with Crippen LogP contribution in [0.4, 0.5) is 5.69 Å². The summed E-state index contributed by atoms with van der Waals surface area (Å²) < 4.78 is 49.6. The van der Waals surface area contributed by atoms with Gasteiger partial charge in [-0.1, -0.05) is 12.1 Å². The van der Waals surface area contributed by atoms with Gasteiger partial charge in [-0.05, 0) is 18.2 Å². The van der Waals surface area contributed by atoms with E-state index < -0.39 is 65.0 Å². The van der Waals surface area contributed by atoms with Crippen LogP contribution < -0.4 is 10.5 Å². The standard InChI is InChI=1S/C22H23N5O10S/c1-11(28)35-18-16(9-34-38(32,33)26-21(31)13-5-3-4-6-15(13)30)37-22(19(18)36-12(2)29)27-10-25-17-14(23)7-8-24-20(17)27/h3-8,10,16,18-19,22,30H,9H2,1-2H3,(H2,23,24)(H,26,31)/t16-,18-,19-,22-/m1/s1. The second-order valence-electron chi connectivity index (χ2n) is 8.12. The van der Waals surface area contributed by atoms with Crippen molar-refractivity contribution >= 4 is 45.0 Å². The van der Waals surface area contributed by atoms with Crippen molar-refractivity contribution in [2.45, 2.75) is 38.4 Å². The van der Waals surface area contributed by atoms with Gasteiger partial charge in [-0.3, -0.25) is 23.1 Å². The van der Waals surface area contributed by atoms with E-state index in [0.717, 1.165) is 13.8 Å². The fourth-order valence-corrected chi connectivity index (χ4v) is 4.59. The summed E-state index contributed by atoms with van der Waals surface area (Å²) in [5.74, 6) is -3.09. The van der Waals surface area contributed by atoms with Crippen LogP contribution in [-0.2, 0) is 38.3 Å². The number of nitrogens with one attached hydrogen (secondary N) is 1. The number of ether oxygens (including phenoxy) is 3. The van der Waals surface area contributed by atoms with Crippen LogP contribution in [0.5, 0.6) is 5.75 Å². The fraction of sp³-hybridized carbons (Fsp3) is 0.318.